The van der Waals surface area contributed by atoms with Gasteiger partial charge in [0.25, 0.3) is 0 Å². The lowest BCUT2D eigenvalue weighted by atomic mass is 10.1. The van der Waals surface area contributed by atoms with E-state index in [1.54, 1.807) is 17.5 Å². The highest BCUT2D eigenvalue weighted by Crippen LogP contribution is 2.23. The first-order valence-corrected chi connectivity index (χ1v) is 8.47. The summed E-state index contributed by atoms with van der Waals surface area (Å²) in [5.41, 5.74) is 0.875. The van der Waals surface area contributed by atoms with E-state index in [9.17, 15) is 4.79 Å². The number of likely N-dealkylation sites (N-methyl/N-ethyl adjacent to an activating group) is 1. The fourth-order valence-corrected chi connectivity index (χ4v) is 3.51. The van der Waals surface area contributed by atoms with E-state index < -0.39 is 0 Å². The van der Waals surface area contributed by atoms with Crippen LogP contribution in [0.2, 0.25) is 0 Å². The van der Waals surface area contributed by atoms with Crippen molar-refractivity contribution in [2.24, 2.45) is 0 Å². The van der Waals surface area contributed by atoms with Crippen molar-refractivity contribution in [3.8, 4) is 0 Å². The molecule has 1 atom stereocenters. The zero-order valence-electron chi connectivity index (χ0n) is 13.0. The van der Waals surface area contributed by atoms with E-state index >= 15 is 0 Å². The largest absolute Gasteiger partial charge is 0.347 e. The van der Waals surface area contributed by atoms with E-state index in [-0.39, 0.29) is 11.9 Å². The summed E-state index contributed by atoms with van der Waals surface area (Å²) in [6.45, 7) is 7.40. The van der Waals surface area contributed by atoms with Crippen molar-refractivity contribution in [3.63, 3.8) is 0 Å². The SMILES string of the molecule is CCN1CCN(C(=O)Cc2csc(C)n2)C[C@@H]1c1ncc[nH]1. The first kappa shape index (κ1) is 15.2. The second kappa shape index (κ2) is 6.58. The number of rotatable bonds is 4. The Bertz CT molecular complexity index is 624. The number of aromatic nitrogens is 3. The monoisotopic (exact) mass is 319 g/mol. The van der Waals surface area contributed by atoms with Crippen LogP contribution < -0.4 is 0 Å². The highest BCUT2D eigenvalue weighted by Gasteiger charge is 2.31. The number of thiazole rings is 1. The summed E-state index contributed by atoms with van der Waals surface area (Å²) in [6, 6.07) is 0.148. The molecule has 7 heteroatoms. The summed E-state index contributed by atoms with van der Waals surface area (Å²) in [4.78, 5) is 28.8. The van der Waals surface area contributed by atoms with Gasteiger partial charge >= 0.3 is 0 Å². The minimum absolute atomic E-state index is 0.148. The summed E-state index contributed by atoms with van der Waals surface area (Å²) in [5, 5.41) is 2.98. The van der Waals surface area contributed by atoms with Gasteiger partial charge in [-0.25, -0.2) is 9.97 Å². The predicted octanol–water partition coefficient (Wildman–Crippen LogP) is 1.62. The van der Waals surface area contributed by atoms with E-state index in [1.807, 2.05) is 23.4 Å². The van der Waals surface area contributed by atoms with E-state index in [0.717, 1.165) is 36.2 Å². The van der Waals surface area contributed by atoms with Crippen LogP contribution in [0.1, 0.15) is 29.5 Å². The molecule has 3 heterocycles. The maximum atomic E-state index is 12.5. The molecule has 1 fully saturated rings. The van der Waals surface area contributed by atoms with Crippen LogP contribution in [-0.2, 0) is 11.2 Å². The zero-order chi connectivity index (χ0) is 15.5. The molecule has 6 nitrogen and oxygen atoms in total. The summed E-state index contributed by atoms with van der Waals surface area (Å²) in [6.07, 6.45) is 3.99. The first-order valence-electron chi connectivity index (χ1n) is 7.59. The van der Waals surface area contributed by atoms with Crippen LogP contribution >= 0.6 is 11.3 Å². The van der Waals surface area contributed by atoms with E-state index in [2.05, 4.69) is 26.8 Å². The van der Waals surface area contributed by atoms with Gasteiger partial charge in [0.1, 0.15) is 5.82 Å². The fourth-order valence-electron chi connectivity index (χ4n) is 2.90. The maximum Gasteiger partial charge on any atom is 0.228 e. The maximum absolute atomic E-state index is 12.5. The van der Waals surface area contributed by atoms with Crippen molar-refractivity contribution < 1.29 is 4.79 Å². The van der Waals surface area contributed by atoms with Crippen molar-refractivity contribution in [2.75, 3.05) is 26.2 Å². The minimum atomic E-state index is 0.148. The van der Waals surface area contributed by atoms with Crippen LogP contribution in [0.5, 0.6) is 0 Å². The zero-order valence-corrected chi connectivity index (χ0v) is 13.8. The van der Waals surface area contributed by atoms with Gasteiger partial charge in [0.15, 0.2) is 0 Å². The number of nitrogens with one attached hydrogen (secondary N) is 1. The number of carbonyl (C=O) groups is 1. The van der Waals surface area contributed by atoms with Gasteiger partial charge in [-0.15, -0.1) is 11.3 Å². The average Bonchev–Trinajstić information content (AvgIpc) is 3.18. The van der Waals surface area contributed by atoms with Crippen LogP contribution in [0.15, 0.2) is 17.8 Å². The fraction of sp³-hybridized carbons (Fsp3) is 0.533. The van der Waals surface area contributed by atoms with Gasteiger partial charge in [-0.1, -0.05) is 6.92 Å². The molecule has 0 radical (unpaired) electrons. The van der Waals surface area contributed by atoms with Crippen molar-refractivity contribution in [1.82, 2.24) is 24.8 Å². The number of amides is 1. The molecule has 0 bridgehead atoms. The van der Waals surface area contributed by atoms with Crippen LogP contribution in [-0.4, -0.2) is 56.8 Å². The number of nitrogens with zero attached hydrogens (tertiary/aromatic N) is 4. The lowest BCUT2D eigenvalue weighted by Crippen LogP contribution is -2.51. The molecule has 0 aromatic carbocycles. The Labute approximate surface area is 134 Å². The number of piperazine rings is 1. The molecule has 1 N–H and O–H groups in total. The first-order chi connectivity index (χ1) is 10.7. The van der Waals surface area contributed by atoms with Gasteiger partial charge in [0.05, 0.1) is 23.2 Å². The van der Waals surface area contributed by atoms with Crippen LogP contribution in [0, 0.1) is 6.92 Å². The molecule has 1 amide bonds. The Hall–Kier alpha value is -1.73. The van der Waals surface area contributed by atoms with Gasteiger partial charge in [-0.2, -0.15) is 0 Å². The number of carbonyl (C=O) groups excluding carboxylic acids is 1. The van der Waals surface area contributed by atoms with Gasteiger partial charge in [0, 0.05) is 37.4 Å². The third-order valence-electron chi connectivity index (χ3n) is 4.08. The molecule has 22 heavy (non-hydrogen) atoms. The number of H-pyrrole nitrogens is 1. The quantitative estimate of drug-likeness (QED) is 0.930. The third kappa shape index (κ3) is 3.20. The predicted molar refractivity (Wildman–Crippen MR) is 85.7 cm³/mol. The molecule has 1 aliphatic heterocycles. The number of aryl methyl sites for hydroxylation is 1. The van der Waals surface area contributed by atoms with Gasteiger partial charge in [0.2, 0.25) is 5.91 Å². The van der Waals surface area contributed by atoms with Crippen molar-refractivity contribution in [2.45, 2.75) is 26.3 Å². The molecule has 1 saturated heterocycles. The van der Waals surface area contributed by atoms with Crippen molar-refractivity contribution in [3.05, 3.63) is 34.3 Å². The number of hydrogen-bond acceptors (Lipinski definition) is 5. The summed E-state index contributed by atoms with van der Waals surface area (Å²) >= 11 is 1.59. The Kier molecular flexibility index (Phi) is 4.54. The van der Waals surface area contributed by atoms with E-state index in [4.69, 9.17) is 0 Å². The number of imidazole rings is 1. The summed E-state index contributed by atoms with van der Waals surface area (Å²) in [5.74, 6) is 1.08. The van der Waals surface area contributed by atoms with Gasteiger partial charge in [-0.3, -0.25) is 9.69 Å². The number of aromatic amines is 1. The highest BCUT2D eigenvalue weighted by molar-refractivity contribution is 7.09. The standard InChI is InChI=1S/C15H21N5OS/c1-3-19-6-7-20(9-13(19)15-16-4-5-17-15)14(21)8-12-10-22-11(2)18-12/h4-5,10,13H,3,6-9H2,1-2H3,(H,16,17)/t13-/m1/s1. The second-order valence-corrected chi connectivity index (χ2v) is 6.56. The molecular weight excluding hydrogens is 298 g/mol. The van der Waals surface area contributed by atoms with Crippen molar-refractivity contribution >= 4 is 17.2 Å². The Morgan fingerprint density at radius 2 is 2.36 bits per heavy atom. The lowest BCUT2D eigenvalue weighted by Gasteiger charge is -2.40. The van der Waals surface area contributed by atoms with Gasteiger partial charge in [-0.05, 0) is 13.5 Å². The van der Waals surface area contributed by atoms with Crippen LogP contribution in [0.3, 0.4) is 0 Å². The molecule has 0 aliphatic carbocycles. The lowest BCUT2D eigenvalue weighted by molar-refractivity contribution is -0.133. The molecule has 2 aromatic heterocycles. The molecule has 3 rings (SSSR count). The molecular formula is C15H21N5OS. The Morgan fingerprint density at radius 3 is 3.00 bits per heavy atom. The van der Waals surface area contributed by atoms with Crippen LogP contribution in [0.4, 0.5) is 0 Å². The van der Waals surface area contributed by atoms with Crippen molar-refractivity contribution in [1.29, 1.82) is 0 Å². The topological polar surface area (TPSA) is 65.1 Å². The Morgan fingerprint density at radius 1 is 1.50 bits per heavy atom. The summed E-state index contributed by atoms with van der Waals surface area (Å²) in [7, 11) is 0. The molecule has 0 unspecified atom stereocenters. The molecule has 2 aromatic rings. The molecule has 118 valence electrons. The van der Waals surface area contributed by atoms with Crippen LogP contribution in [0.25, 0.3) is 0 Å². The normalized spacial score (nSPS) is 19.5. The Balaban J connectivity index is 1.68. The summed E-state index contributed by atoms with van der Waals surface area (Å²) < 4.78 is 0. The minimum Gasteiger partial charge on any atom is -0.347 e. The second-order valence-electron chi connectivity index (χ2n) is 5.49. The highest BCUT2D eigenvalue weighted by atomic mass is 32.1. The molecule has 0 spiro atoms. The van der Waals surface area contributed by atoms with Gasteiger partial charge < -0.3 is 9.88 Å². The number of hydrogen-bond donors (Lipinski definition) is 1. The third-order valence-corrected chi connectivity index (χ3v) is 4.91. The average molecular weight is 319 g/mol. The van der Waals surface area contributed by atoms with E-state index in [0.29, 0.717) is 13.0 Å². The smallest absolute Gasteiger partial charge is 0.228 e. The molecule has 0 saturated carbocycles. The molecule has 1 aliphatic rings. The van der Waals surface area contributed by atoms with E-state index in [1.165, 1.54) is 0 Å².